The number of nitrogens with zero attached hydrogens (tertiary/aromatic N) is 3. The summed E-state index contributed by atoms with van der Waals surface area (Å²) in [5, 5.41) is 10.0. The number of hydrogen-bond donors (Lipinski definition) is 1. The van der Waals surface area contributed by atoms with Crippen molar-refractivity contribution >= 4 is 22.8 Å². The maximum atomic E-state index is 9.54. The van der Waals surface area contributed by atoms with Crippen LogP contribution in [0.3, 0.4) is 0 Å². The number of aromatic nitrogens is 3. The van der Waals surface area contributed by atoms with Gasteiger partial charge in [-0.2, -0.15) is 4.98 Å². The van der Waals surface area contributed by atoms with Crippen LogP contribution in [0.25, 0.3) is 11.2 Å². The third-order valence-corrected chi connectivity index (χ3v) is 4.78. The standard InChI is InChI=1S/C13H14ClN3O/c14-13-15-9-3-4-11(18)16-12(9)17(13)10-6-7-1-2-8(10)5-7/h3-4,7-8,10H,1-2,5-6H2,(H,16,18). The van der Waals surface area contributed by atoms with Gasteiger partial charge < -0.3 is 5.11 Å². The average molecular weight is 264 g/mol. The number of halogens is 1. The molecule has 0 saturated heterocycles. The van der Waals surface area contributed by atoms with Crippen molar-refractivity contribution in [2.24, 2.45) is 11.8 Å². The second-order valence-corrected chi connectivity index (χ2v) is 5.84. The molecule has 2 heterocycles. The fourth-order valence-electron chi connectivity index (χ4n) is 3.76. The predicted octanol–water partition coefficient (Wildman–Crippen LogP) is 3.15. The van der Waals surface area contributed by atoms with Crippen LogP contribution >= 0.6 is 11.6 Å². The molecular weight excluding hydrogens is 250 g/mol. The van der Waals surface area contributed by atoms with Crippen LogP contribution in [-0.4, -0.2) is 19.6 Å². The van der Waals surface area contributed by atoms with Crippen LogP contribution in [0.15, 0.2) is 12.1 Å². The van der Waals surface area contributed by atoms with Gasteiger partial charge in [-0.05, 0) is 48.8 Å². The Morgan fingerprint density at radius 1 is 1.22 bits per heavy atom. The van der Waals surface area contributed by atoms with Gasteiger partial charge in [0.1, 0.15) is 5.52 Å². The van der Waals surface area contributed by atoms with Crippen LogP contribution in [0, 0.1) is 11.8 Å². The fourth-order valence-corrected chi connectivity index (χ4v) is 4.05. The number of imidazole rings is 1. The molecule has 0 radical (unpaired) electrons. The normalized spacial score (nSPS) is 30.4. The first-order valence-corrected chi connectivity index (χ1v) is 6.83. The molecule has 0 amide bonds. The number of fused-ring (bicyclic) bond motifs is 3. The molecule has 4 nitrogen and oxygen atoms in total. The van der Waals surface area contributed by atoms with Gasteiger partial charge in [0.2, 0.25) is 11.2 Å². The lowest BCUT2D eigenvalue weighted by Gasteiger charge is -2.23. The molecule has 0 spiro atoms. The zero-order chi connectivity index (χ0) is 12.3. The Morgan fingerprint density at radius 3 is 2.83 bits per heavy atom. The molecule has 2 aliphatic rings. The van der Waals surface area contributed by atoms with Crippen molar-refractivity contribution in [3.8, 4) is 5.88 Å². The van der Waals surface area contributed by atoms with Gasteiger partial charge in [-0.25, -0.2) is 4.98 Å². The van der Waals surface area contributed by atoms with E-state index in [1.54, 1.807) is 12.1 Å². The van der Waals surface area contributed by atoms with Gasteiger partial charge in [0, 0.05) is 12.1 Å². The Kier molecular flexibility index (Phi) is 2.13. The summed E-state index contributed by atoms with van der Waals surface area (Å²) < 4.78 is 2.03. The maximum Gasteiger partial charge on any atom is 0.212 e. The first-order chi connectivity index (χ1) is 8.72. The Hall–Kier alpha value is -1.29. The van der Waals surface area contributed by atoms with Gasteiger partial charge in [0.25, 0.3) is 0 Å². The summed E-state index contributed by atoms with van der Waals surface area (Å²) >= 11 is 6.27. The highest BCUT2D eigenvalue weighted by atomic mass is 35.5. The van der Waals surface area contributed by atoms with Crippen molar-refractivity contribution in [2.75, 3.05) is 0 Å². The van der Waals surface area contributed by atoms with Crippen molar-refractivity contribution < 1.29 is 5.11 Å². The van der Waals surface area contributed by atoms with Crippen LogP contribution in [0.1, 0.15) is 31.7 Å². The SMILES string of the molecule is Oc1ccc2nc(Cl)n(C3CC4CCC3C4)c2n1. The van der Waals surface area contributed by atoms with Crippen LogP contribution in [-0.2, 0) is 0 Å². The van der Waals surface area contributed by atoms with Gasteiger partial charge in [0.15, 0.2) is 5.65 Å². The third kappa shape index (κ3) is 1.38. The molecule has 2 fully saturated rings. The molecule has 4 rings (SSSR count). The summed E-state index contributed by atoms with van der Waals surface area (Å²) in [6.45, 7) is 0. The number of aromatic hydroxyl groups is 1. The summed E-state index contributed by atoms with van der Waals surface area (Å²) in [6.07, 6.45) is 5.11. The van der Waals surface area contributed by atoms with E-state index in [0.29, 0.717) is 17.2 Å². The Bertz CT molecular complexity index is 624. The molecule has 1 N–H and O–H groups in total. The summed E-state index contributed by atoms with van der Waals surface area (Å²) in [7, 11) is 0. The zero-order valence-corrected chi connectivity index (χ0v) is 10.6. The molecule has 2 aromatic rings. The summed E-state index contributed by atoms with van der Waals surface area (Å²) in [5.41, 5.74) is 1.48. The van der Waals surface area contributed by atoms with Crippen molar-refractivity contribution in [3.63, 3.8) is 0 Å². The highest BCUT2D eigenvalue weighted by Gasteiger charge is 2.41. The topological polar surface area (TPSA) is 50.9 Å². The lowest BCUT2D eigenvalue weighted by atomic mass is 9.95. The molecule has 5 heteroatoms. The largest absolute Gasteiger partial charge is 0.493 e. The molecule has 3 unspecified atom stereocenters. The summed E-state index contributed by atoms with van der Waals surface area (Å²) in [6, 6.07) is 3.74. The smallest absolute Gasteiger partial charge is 0.212 e. The fraction of sp³-hybridized carbons (Fsp3) is 0.538. The van der Waals surface area contributed by atoms with E-state index in [2.05, 4.69) is 9.97 Å². The van der Waals surface area contributed by atoms with E-state index >= 15 is 0 Å². The third-order valence-electron chi connectivity index (χ3n) is 4.51. The number of pyridine rings is 1. The molecule has 2 saturated carbocycles. The van der Waals surface area contributed by atoms with E-state index < -0.39 is 0 Å². The average Bonchev–Trinajstić information content (AvgIpc) is 3.01. The minimum atomic E-state index is 0.0310. The van der Waals surface area contributed by atoms with Crippen LogP contribution in [0.4, 0.5) is 0 Å². The molecule has 0 aliphatic heterocycles. The molecule has 3 atom stereocenters. The van der Waals surface area contributed by atoms with Gasteiger partial charge in [0.05, 0.1) is 0 Å². The summed E-state index contributed by atoms with van der Waals surface area (Å²) in [5.74, 6) is 1.57. The zero-order valence-electron chi connectivity index (χ0n) is 9.88. The van der Waals surface area contributed by atoms with E-state index in [1.165, 1.54) is 25.7 Å². The van der Waals surface area contributed by atoms with Crippen LogP contribution in [0.2, 0.25) is 5.28 Å². The van der Waals surface area contributed by atoms with Gasteiger partial charge in [-0.15, -0.1) is 0 Å². The first-order valence-electron chi connectivity index (χ1n) is 6.46. The highest BCUT2D eigenvalue weighted by molar-refractivity contribution is 6.29. The molecular formula is C13H14ClN3O. The molecule has 2 aromatic heterocycles. The van der Waals surface area contributed by atoms with Crippen molar-refractivity contribution in [3.05, 3.63) is 17.4 Å². The summed E-state index contributed by atoms with van der Waals surface area (Å²) in [4.78, 5) is 8.53. The van der Waals surface area contributed by atoms with Gasteiger partial charge in [-0.3, -0.25) is 4.57 Å². The van der Waals surface area contributed by atoms with E-state index in [4.69, 9.17) is 11.6 Å². The molecule has 2 bridgehead atoms. The lowest BCUT2D eigenvalue weighted by Crippen LogP contribution is -2.16. The second kappa shape index (κ2) is 3.60. The maximum absolute atomic E-state index is 9.54. The van der Waals surface area contributed by atoms with Crippen molar-refractivity contribution in [1.82, 2.24) is 14.5 Å². The highest BCUT2D eigenvalue weighted by Crippen LogP contribution is 2.52. The van der Waals surface area contributed by atoms with Crippen molar-refractivity contribution in [1.29, 1.82) is 0 Å². The minimum absolute atomic E-state index is 0.0310. The van der Waals surface area contributed by atoms with E-state index in [0.717, 1.165) is 17.1 Å². The Labute approximate surface area is 110 Å². The molecule has 0 aromatic carbocycles. The minimum Gasteiger partial charge on any atom is -0.493 e. The first kappa shape index (κ1) is 10.6. The van der Waals surface area contributed by atoms with E-state index in [9.17, 15) is 5.11 Å². The Morgan fingerprint density at radius 2 is 2.11 bits per heavy atom. The molecule has 18 heavy (non-hydrogen) atoms. The number of rotatable bonds is 1. The van der Waals surface area contributed by atoms with E-state index in [1.807, 2.05) is 4.57 Å². The van der Waals surface area contributed by atoms with Crippen LogP contribution in [0.5, 0.6) is 5.88 Å². The molecule has 94 valence electrons. The Balaban J connectivity index is 1.88. The van der Waals surface area contributed by atoms with Gasteiger partial charge in [-0.1, -0.05) is 6.42 Å². The quantitative estimate of drug-likeness (QED) is 0.860. The van der Waals surface area contributed by atoms with Crippen molar-refractivity contribution in [2.45, 2.75) is 31.7 Å². The van der Waals surface area contributed by atoms with Gasteiger partial charge >= 0.3 is 0 Å². The van der Waals surface area contributed by atoms with Crippen LogP contribution < -0.4 is 0 Å². The second-order valence-electron chi connectivity index (χ2n) is 5.51. The lowest BCUT2D eigenvalue weighted by molar-refractivity contribution is 0.334. The number of hydrogen-bond acceptors (Lipinski definition) is 3. The monoisotopic (exact) mass is 263 g/mol. The molecule has 2 aliphatic carbocycles. The van der Waals surface area contributed by atoms with E-state index in [-0.39, 0.29) is 5.88 Å². The predicted molar refractivity (Wildman–Crippen MR) is 68.7 cm³/mol.